The first-order valence-electron chi connectivity index (χ1n) is 12.0. The highest BCUT2D eigenvalue weighted by Gasteiger charge is 2.61. The maximum Gasteiger partial charge on any atom is 0.157 e. The number of rotatable bonds is 4. The molecular weight excluding hydrogens is 360 g/mol. The first kappa shape index (κ1) is 19.9. The van der Waals surface area contributed by atoms with E-state index in [0.29, 0.717) is 22.9 Å². The Morgan fingerprint density at radius 1 is 1.10 bits per heavy atom. The Morgan fingerprint density at radius 2 is 2.00 bits per heavy atom. The monoisotopic (exact) mass is 398 g/mol. The van der Waals surface area contributed by atoms with Gasteiger partial charge in [0.25, 0.3) is 0 Å². The lowest BCUT2D eigenvalue weighted by Gasteiger charge is -2.58. The SMILES string of the molecule is CC[C@@]12CCc3cc(OC)ccc3[C@H]1CC[C@]1(C)[C@@H](OC3CCCCO3)CC[C@H]12. The van der Waals surface area contributed by atoms with Crippen LogP contribution >= 0.6 is 0 Å². The van der Waals surface area contributed by atoms with E-state index in [4.69, 9.17) is 14.2 Å². The first-order valence-corrected chi connectivity index (χ1v) is 12.0. The second-order valence-electron chi connectivity index (χ2n) is 10.3. The molecule has 3 heteroatoms. The first-order chi connectivity index (χ1) is 14.1. The minimum Gasteiger partial charge on any atom is -0.497 e. The van der Waals surface area contributed by atoms with Crippen LogP contribution in [0, 0.1) is 16.7 Å². The standard InChI is InChI=1S/C26H38O3/c1-4-26-15-12-18-17-19(27-3)8-9-20(18)21(26)13-14-25(2)22(26)10-11-23(25)29-24-7-5-6-16-28-24/h8-9,17,21-24H,4-7,10-16H2,1-3H3/t21-,22-,23+,24?,25+,26-/m1/s1. The topological polar surface area (TPSA) is 27.7 Å². The van der Waals surface area contributed by atoms with Crippen molar-refractivity contribution in [3.63, 3.8) is 0 Å². The van der Waals surface area contributed by atoms with Crippen molar-refractivity contribution in [2.24, 2.45) is 16.7 Å². The van der Waals surface area contributed by atoms with Crippen LogP contribution in [0.5, 0.6) is 5.75 Å². The van der Waals surface area contributed by atoms with Gasteiger partial charge in [0.2, 0.25) is 0 Å². The normalized spacial score (nSPS) is 41.3. The van der Waals surface area contributed by atoms with E-state index in [-0.39, 0.29) is 6.29 Å². The van der Waals surface area contributed by atoms with Crippen molar-refractivity contribution in [2.45, 2.75) is 96.4 Å². The van der Waals surface area contributed by atoms with E-state index in [1.54, 1.807) is 12.7 Å². The van der Waals surface area contributed by atoms with Crippen LogP contribution in [-0.2, 0) is 15.9 Å². The lowest BCUT2D eigenvalue weighted by molar-refractivity contribution is -0.217. The van der Waals surface area contributed by atoms with Crippen molar-refractivity contribution in [1.29, 1.82) is 0 Å². The van der Waals surface area contributed by atoms with Crippen LogP contribution in [0.25, 0.3) is 0 Å². The second kappa shape index (κ2) is 7.57. The highest BCUT2D eigenvalue weighted by molar-refractivity contribution is 5.42. The van der Waals surface area contributed by atoms with Gasteiger partial charge in [0, 0.05) is 6.61 Å². The zero-order chi connectivity index (χ0) is 20.1. The van der Waals surface area contributed by atoms with Gasteiger partial charge >= 0.3 is 0 Å². The molecule has 6 atom stereocenters. The summed E-state index contributed by atoms with van der Waals surface area (Å²) in [5, 5.41) is 0. The quantitative estimate of drug-likeness (QED) is 0.600. The summed E-state index contributed by atoms with van der Waals surface area (Å²) in [6.45, 7) is 5.87. The largest absolute Gasteiger partial charge is 0.497 e. The van der Waals surface area contributed by atoms with E-state index in [2.05, 4.69) is 32.0 Å². The summed E-state index contributed by atoms with van der Waals surface area (Å²) >= 11 is 0. The minimum absolute atomic E-state index is 0.0409. The number of benzene rings is 1. The fourth-order valence-electron chi connectivity index (χ4n) is 7.81. The van der Waals surface area contributed by atoms with Gasteiger partial charge in [-0.1, -0.05) is 19.9 Å². The van der Waals surface area contributed by atoms with Crippen molar-refractivity contribution in [3.8, 4) is 5.75 Å². The number of ether oxygens (including phenoxy) is 3. The maximum absolute atomic E-state index is 6.65. The number of methoxy groups -OCH3 is 1. The van der Waals surface area contributed by atoms with Gasteiger partial charge in [-0.2, -0.15) is 0 Å². The van der Waals surface area contributed by atoms with Gasteiger partial charge in [0.05, 0.1) is 13.2 Å². The minimum atomic E-state index is 0.0409. The summed E-state index contributed by atoms with van der Waals surface area (Å²) in [4.78, 5) is 0. The van der Waals surface area contributed by atoms with Gasteiger partial charge < -0.3 is 14.2 Å². The summed E-state index contributed by atoms with van der Waals surface area (Å²) in [6.07, 6.45) is 12.9. The van der Waals surface area contributed by atoms with Crippen LogP contribution in [0.15, 0.2) is 18.2 Å². The fourth-order valence-corrected chi connectivity index (χ4v) is 7.81. The van der Waals surface area contributed by atoms with Crippen molar-refractivity contribution < 1.29 is 14.2 Å². The average molecular weight is 399 g/mol. The van der Waals surface area contributed by atoms with Crippen LogP contribution in [0.4, 0.5) is 0 Å². The van der Waals surface area contributed by atoms with E-state index in [1.165, 1.54) is 63.4 Å². The molecule has 0 bridgehead atoms. The Labute approximate surface area is 176 Å². The predicted octanol–water partition coefficient (Wildman–Crippen LogP) is 6.24. The number of hydrogen-bond donors (Lipinski definition) is 0. The number of aryl methyl sites for hydroxylation is 1. The zero-order valence-corrected chi connectivity index (χ0v) is 18.5. The van der Waals surface area contributed by atoms with Crippen molar-refractivity contribution in [3.05, 3.63) is 29.3 Å². The molecule has 0 spiro atoms. The third kappa shape index (κ3) is 3.07. The van der Waals surface area contributed by atoms with E-state index in [1.807, 2.05) is 0 Å². The molecule has 3 nitrogen and oxygen atoms in total. The molecule has 1 aliphatic heterocycles. The Hall–Kier alpha value is -1.06. The van der Waals surface area contributed by atoms with Crippen LogP contribution in [0.1, 0.15) is 88.7 Å². The Morgan fingerprint density at radius 3 is 2.76 bits per heavy atom. The predicted molar refractivity (Wildman–Crippen MR) is 115 cm³/mol. The van der Waals surface area contributed by atoms with Crippen LogP contribution in [0.2, 0.25) is 0 Å². The zero-order valence-electron chi connectivity index (χ0n) is 18.5. The van der Waals surface area contributed by atoms with Gasteiger partial charge in [0.15, 0.2) is 6.29 Å². The maximum atomic E-state index is 6.65. The average Bonchev–Trinajstić information content (AvgIpc) is 3.10. The van der Waals surface area contributed by atoms with Crippen molar-refractivity contribution in [1.82, 2.24) is 0 Å². The van der Waals surface area contributed by atoms with E-state index in [0.717, 1.165) is 24.7 Å². The number of fused-ring (bicyclic) bond motifs is 5. The summed E-state index contributed by atoms with van der Waals surface area (Å²) in [6, 6.07) is 6.85. The summed E-state index contributed by atoms with van der Waals surface area (Å²) in [7, 11) is 1.78. The fraction of sp³-hybridized carbons (Fsp3) is 0.769. The molecule has 1 aromatic rings. The molecule has 0 aromatic heterocycles. The molecular formula is C26H38O3. The third-order valence-corrected chi connectivity index (χ3v) is 9.31. The smallest absolute Gasteiger partial charge is 0.157 e. The lowest BCUT2D eigenvalue weighted by Crippen LogP contribution is -2.52. The molecule has 3 fully saturated rings. The number of hydrogen-bond acceptors (Lipinski definition) is 3. The molecule has 1 aromatic carbocycles. The van der Waals surface area contributed by atoms with Crippen LogP contribution < -0.4 is 4.74 Å². The second-order valence-corrected chi connectivity index (χ2v) is 10.3. The van der Waals surface area contributed by atoms with E-state index < -0.39 is 0 Å². The highest BCUT2D eigenvalue weighted by atomic mass is 16.7. The van der Waals surface area contributed by atoms with Crippen LogP contribution in [0.3, 0.4) is 0 Å². The van der Waals surface area contributed by atoms with Gasteiger partial charge in [0.1, 0.15) is 5.75 Å². The molecule has 5 rings (SSSR count). The molecule has 160 valence electrons. The van der Waals surface area contributed by atoms with Crippen LogP contribution in [-0.4, -0.2) is 26.1 Å². The molecule has 1 saturated heterocycles. The molecule has 2 saturated carbocycles. The molecule has 1 heterocycles. The molecule has 0 N–H and O–H groups in total. The summed E-state index contributed by atoms with van der Waals surface area (Å²) in [5.41, 5.74) is 3.88. The van der Waals surface area contributed by atoms with Crippen molar-refractivity contribution in [2.75, 3.05) is 13.7 Å². The molecule has 29 heavy (non-hydrogen) atoms. The van der Waals surface area contributed by atoms with E-state index in [9.17, 15) is 0 Å². The Balaban J connectivity index is 1.43. The third-order valence-electron chi connectivity index (χ3n) is 9.31. The molecule has 3 aliphatic carbocycles. The van der Waals surface area contributed by atoms with Gasteiger partial charge in [-0.3, -0.25) is 0 Å². The molecule has 4 aliphatic rings. The van der Waals surface area contributed by atoms with Gasteiger partial charge in [-0.25, -0.2) is 0 Å². The van der Waals surface area contributed by atoms with E-state index >= 15 is 0 Å². The highest BCUT2D eigenvalue weighted by Crippen LogP contribution is 2.68. The van der Waals surface area contributed by atoms with Gasteiger partial charge in [-0.05, 0) is 110 Å². The van der Waals surface area contributed by atoms with Gasteiger partial charge in [-0.15, -0.1) is 0 Å². The summed E-state index contributed by atoms with van der Waals surface area (Å²) < 4.78 is 18.1. The molecule has 0 radical (unpaired) electrons. The Bertz CT molecular complexity index is 739. The molecule has 1 unspecified atom stereocenters. The Kier molecular flexibility index (Phi) is 5.19. The molecule has 0 amide bonds. The lowest BCUT2D eigenvalue weighted by atomic mass is 9.46. The van der Waals surface area contributed by atoms with Crippen molar-refractivity contribution >= 4 is 0 Å². The summed E-state index contributed by atoms with van der Waals surface area (Å²) in [5.74, 6) is 2.47.